The zero-order chi connectivity index (χ0) is 13.2. The Morgan fingerprint density at radius 1 is 1.50 bits per heavy atom. The SMILES string of the molecule is CCC1(Cc2ccc(OC)c(Br)c2)CCC(=O)N1. The Hall–Kier alpha value is -1.03. The lowest BCUT2D eigenvalue weighted by molar-refractivity contribution is -0.119. The van der Waals surface area contributed by atoms with E-state index >= 15 is 0 Å². The Bertz CT molecular complexity index is 461. The van der Waals surface area contributed by atoms with E-state index in [9.17, 15) is 4.79 Å². The summed E-state index contributed by atoms with van der Waals surface area (Å²) in [5, 5.41) is 3.13. The van der Waals surface area contributed by atoms with Crippen molar-refractivity contribution in [3.05, 3.63) is 28.2 Å². The molecule has 1 aromatic carbocycles. The molecule has 1 fully saturated rings. The molecule has 0 radical (unpaired) electrons. The Kier molecular flexibility index (Phi) is 3.95. The molecule has 1 aliphatic rings. The fraction of sp³-hybridized carbons (Fsp3) is 0.500. The summed E-state index contributed by atoms with van der Waals surface area (Å²) in [4.78, 5) is 11.4. The van der Waals surface area contributed by atoms with E-state index in [1.807, 2.05) is 6.07 Å². The lowest BCUT2D eigenvalue weighted by Crippen LogP contribution is -2.42. The quantitative estimate of drug-likeness (QED) is 0.928. The summed E-state index contributed by atoms with van der Waals surface area (Å²) in [6.45, 7) is 2.13. The normalized spacial score (nSPS) is 22.9. The number of carbonyl (C=O) groups excluding carboxylic acids is 1. The number of rotatable bonds is 4. The third kappa shape index (κ3) is 2.69. The van der Waals surface area contributed by atoms with Gasteiger partial charge in [-0.3, -0.25) is 4.79 Å². The number of hydrogen-bond donors (Lipinski definition) is 1. The van der Waals surface area contributed by atoms with Crippen molar-refractivity contribution in [1.82, 2.24) is 5.32 Å². The largest absolute Gasteiger partial charge is 0.496 e. The molecule has 4 heteroatoms. The van der Waals surface area contributed by atoms with E-state index in [0.717, 1.165) is 29.5 Å². The Labute approximate surface area is 116 Å². The Balaban J connectivity index is 2.17. The molecule has 18 heavy (non-hydrogen) atoms. The molecule has 1 heterocycles. The fourth-order valence-corrected chi connectivity index (χ4v) is 3.09. The van der Waals surface area contributed by atoms with Gasteiger partial charge in [-0.1, -0.05) is 13.0 Å². The number of amides is 1. The molecule has 1 unspecified atom stereocenters. The van der Waals surface area contributed by atoms with Crippen LogP contribution in [0.4, 0.5) is 0 Å². The van der Waals surface area contributed by atoms with Crippen LogP contribution in [-0.2, 0) is 11.2 Å². The second-order valence-corrected chi connectivity index (χ2v) is 5.68. The summed E-state index contributed by atoms with van der Waals surface area (Å²) < 4.78 is 6.18. The minimum absolute atomic E-state index is 0.0644. The van der Waals surface area contributed by atoms with Crippen molar-refractivity contribution >= 4 is 21.8 Å². The van der Waals surface area contributed by atoms with Crippen LogP contribution in [0.3, 0.4) is 0 Å². The first-order valence-corrected chi connectivity index (χ1v) is 7.01. The molecular formula is C14H18BrNO2. The summed E-state index contributed by atoms with van der Waals surface area (Å²) in [5.74, 6) is 1.00. The molecule has 98 valence electrons. The van der Waals surface area contributed by atoms with E-state index < -0.39 is 0 Å². The molecule has 2 rings (SSSR count). The maximum atomic E-state index is 11.4. The predicted octanol–water partition coefficient (Wildman–Crippen LogP) is 3.06. The smallest absolute Gasteiger partial charge is 0.220 e. The highest BCUT2D eigenvalue weighted by Crippen LogP contribution is 2.31. The molecule has 0 saturated carbocycles. The van der Waals surface area contributed by atoms with Crippen LogP contribution in [0, 0.1) is 0 Å². The van der Waals surface area contributed by atoms with E-state index in [4.69, 9.17) is 4.74 Å². The summed E-state index contributed by atoms with van der Waals surface area (Å²) in [5.41, 5.74) is 1.15. The zero-order valence-electron chi connectivity index (χ0n) is 10.8. The highest BCUT2D eigenvalue weighted by molar-refractivity contribution is 9.10. The topological polar surface area (TPSA) is 38.3 Å². The van der Waals surface area contributed by atoms with Gasteiger partial charge in [-0.05, 0) is 52.9 Å². The van der Waals surface area contributed by atoms with Gasteiger partial charge in [0.25, 0.3) is 0 Å². The van der Waals surface area contributed by atoms with Gasteiger partial charge in [-0.25, -0.2) is 0 Å². The predicted molar refractivity (Wildman–Crippen MR) is 74.8 cm³/mol. The number of ether oxygens (including phenoxy) is 1. The van der Waals surface area contributed by atoms with Crippen LogP contribution >= 0.6 is 15.9 Å². The van der Waals surface area contributed by atoms with Gasteiger partial charge >= 0.3 is 0 Å². The highest BCUT2D eigenvalue weighted by atomic mass is 79.9. The van der Waals surface area contributed by atoms with Crippen LogP contribution < -0.4 is 10.1 Å². The highest BCUT2D eigenvalue weighted by Gasteiger charge is 2.35. The number of carbonyl (C=O) groups is 1. The van der Waals surface area contributed by atoms with E-state index in [-0.39, 0.29) is 11.4 Å². The number of nitrogens with one attached hydrogen (secondary N) is 1. The van der Waals surface area contributed by atoms with Crippen LogP contribution in [0.1, 0.15) is 31.7 Å². The third-order valence-corrected chi connectivity index (χ3v) is 4.29. The van der Waals surface area contributed by atoms with Crippen LogP contribution in [0.25, 0.3) is 0 Å². The van der Waals surface area contributed by atoms with Gasteiger partial charge in [0.1, 0.15) is 5.75 Å². The van der Waals surface area contributed by atoms with E-state index in [1.165, 1.54) is 5.56 Å². The Morgan fingerprint density at radius 3 is 2.78 bits per heavy atom. The number of benzene rings is 1. The van der Waals surface area contributed by atoms with Gasteiger partial charge in [-0.15, -0.1) is 0 Å². The first-order chi connectivity index (χ1) is 8.58. The molecule has 1 N–H and O–H groups in total. The summed E-state index contributed by atoms with van der Waals surface area (Å²) in [6.07, 6.45) is 3.40. The maximum absolute atomic E-state index is 11.4. The zero-order valence-corrected chi connectivity index (χ0v) is 12.3. The van der Waals surface area contributed by atoms with E-state index in [0.29, 0.717) is 6.42 Å². The van der Waals surface area contributed by atoms with Crippen LogP contribution in [0.2, 0.25) is 0 Å². The maximum Gasteiger partial charge on any atom is 0.220 e. The molecule has 1 amide bonds. The van der Waals surface area contributed by atoms with Gasteiger partial charge in [0, 0.05) is 12.0 Å². The molecule has 1 aliphatic heterocycles. The van der Waals surface area contributed by atoms with Gasteiger partial charge in [-0.2, -0.15) is 0 Å². The lowest BCUT2D eigenvalue weighted by atomic mass is 9.87. The minimum Gasteiger partial charge on any atom is -0.496 e. The van der Waals surface area contributed by atoms with Crippen molar-refractivity contribution < 1.29 is 9.53 Å². The van der Waals surface area contributed by atoms with Gasteiger partial charge in [0.15, 0.2) is 0 Å². The second kappa shape index (κ2) is 5.31. The van der Waals surface area contributed by atoms with Crippen molar-refractivity contribution in [2.45, 2.75) is 38.1 Å². The van der Waals surface area contributed by atoms with Crippen LogP contribution in [-0.4, -0.2) is 18.6 Å². The number of halogens is 1. The van der Waals surface area contributed by atoms with Crippen molar-refractivity contribution in [1.29, 1.82) is 0 Å². The summed E-state index contributed by atoms with van der Waals surface area (Å²) >= 11 is 3.50. The molecule has 0 spiro atoms. The standard InChI is InChI=1S/C14H18BrNO2/c1-3-14(7-6-13(17)16-14)9-10-4-5-12(18-2)11(15)8-10/h4-5,8H,3,6-7,9H2,1-2H3,(H,16,17). The fourth-order valence-electron chi connectivity index (χ4n) is 2.51. The molecule has 0 bridgehead atoms. The minimum atomic E-state index is -0.0644. The lowest BCUT2D eigenvalue weighted by Gasteiger charge is -2.28. The van der Waals surface area contributed by atoms with Gasteiger partial charge in [0.05, 0.1) is 11.6 Å². The first-order valence-electron chi connectivity index (χ1n) is 6.22. The average molecular weight is 312 g/mol. The summed E-state index contributed by atoms with van der Waals surface area (Å²) in [7, 11) is 1.66. The molecule has 0 aromatic heterocycles. The number of methoxy groups -OCH3 is 1. The van der Waals surface area contributed by atoms with Crippen molar-refractivity contribution in [2.75, 3.05) is 7.11 Å². The second-order valence-electron chi connectivity index (χ2n) is 4.83. The first kappa shape index (κ1) is 13.4. The molecule has 0 aliphatic carbocycles. The molecule has 1 aromatic rings. The van der Waals surface area contributed by atoms with Crippen LogP contribution in [0.5, 0.6) is 5.75 Å². The number of hydrogen-bond acceptors (Lipinski definition) is 2. The average Bonchev–Trinajstić information content (AvgIpc) is 2.72. The van der Waals surface area contributed by atoms with Gasteiger partial charge in [0.2, 0.25) is 5.91 Å². The van der Waals surface area contributed by atoms with E-state index in [1.54, 1.807) is 7.11 Å². The van der Waals surface area contributed by atoms with Crippen LogP contribution in [0.15, 0.2) is 22.7 Å². The summed E-state index contributed by atoms with van der Waals surface area (Å²) in [6, 6.07) is 6.09. The van der Waals surface area contributed by atoms with E-state index in [2.05, 4.69) is 40.3 Å². The third-order valence-electron chi connectivity index (χ3n) is 3.67. The molecule has 1 atom stereocenters. The molecule has 3 nitrogen and oxygen atoms in total. The van der Waals surface area contributed by atoms with Gasteiger partial charge < -0.3 is 10.1 Å². The molecule has 1 saturated heterocycles. The van der Waals surface area contributed by atoms with Crippen molar-refractivity contribution in [3.8, 4) is 5.75 Å². The monoisotopic (exact) mass is 311 g/mol. The Morgan fingerprint density at radius 2 is 2.28 bits per heavy atom. The van der Waals surface area contributed by atoms with Crippen molar-refractivity contribution in [3.63, 3.8) is 0 Å². The molecular weight excluding hydrogens is 294 g/mol. The van der Waals surface area contributed by atoms with Crippen molar-refractivity contribution in [2.24, 2.45) is 0 Å².